The van der Waals surface area contributed by atoms with Gasteiger partial charge < -0.3 is 16.0 Å². The van der Waals surface area contributed by atoms with Gasteiger partial charge in [-0.05, 0) is 39.7 Å². The van der Waals surface area contributed by atoms with Gasteiger partial charge in [0.15, 0.2) is 0 Å². The van der Waals surface area contributed by atoms with Crippen molar-refractivity contribution in [1.82, 2.24) is 15.1 Å². The van der Waals surface area contributed by atoms with Crippen molar-refractivity contribution in [3.8, 4) is 0 Å². The molecule has 3 N–H and O–H groups in total. The molecule has 108 valence electrons. The summed E-state index contributed by atoms with van der Waals surface area (Å²) in [6.07, 6.45) is 2.07. The van der Waals surface area contributed by atoms with E-state index in [1.54, 1.807) is 0 Å². The lowest BCUT2D eigenvalue weighted by molar-refractivity contribution is -0.133. The Morgan fingerprint density at radius 1 is 1.32 bits per heavy atom. The van der Waals surface area contributed by atoms with Crippen LogP contribution in [0.15, 0.2) is 0 Å². The van der Waals surface area contributed by atoms with E-state index in [0.717, 1.165) is 13.1 Å². The van der Waals surface area contributed by atoms with E-state index in [2.05, 4.69) is 24.1 Å². The highest BCUT2D eigenvalue weighted by atomic mass is 16.2. The van der Waals surface area contributed by atoms with Gasteiger partial charge in [-0.1, -0.05) is 0 Å². The molecule has 0 aliphatic carbocycles. The zero-order valence-electron chi connectivity index (χ0n) is 11.8. The lowest BCUT2D eigenvalue weighted by Crippen LogP contribution is -2.56. The molecule has 0 aromatic carbocycles. The Morgan fingerprint density at radius 3 is 2.47 bits per heavy atom. The van der Waals surface area contributed by atoms with E-state index in [4.69, 9.17) is 5.73 Å². The predicted octanol–water partition coefficient (Wildman–Crippen LogP) is 0.130. The van der Waals surface area contributed by atoms with Crippen LogP contribution in [-0.2, 0) is 4.79 Å². The van der Waals surface area contributed by atoms with Crippen LogP contribution in [-0.4, -0.2) is 59.5 Å². The molecule has 0 radical (unpaired) electrons. The molecule has 2 saturated heterocycles. The topological polar surface area (TPSA) is 78.7 Å². The van der Waals surface area contributed by atoms with Crippen molar-refractivity contribution in [3.05, 3.63) is 0 Å². The van der Waals surface area contributed by atoms with E-state index in [0.29, 0.717) is 38.4 Å². The third-order valence-electron chi connectivity index (χ3n) is 4.21. The number of likely N-dealkylation sites (tertiary alicyclic amines) is 1. The van der Waals surface area contributed by atoms with Crippen LogP contribution in [0, 0.1) is 0 Å². The Labute approximate surface area is 114 Å². The highest BCUT2D eigenvalue weighted by molar-refractivity contribution is 6.07. The summed E-state index contributed by atoms with van der Waals surface area (Å²) in [7, 11) is 0. The normalized spacial score (nSPS) is 23.5. The zero-order chi connectivity index (χ0) is 14.0. The van der Waals surface area contributed by atoms with Gasteiger partial charge in [0.1, 0.15) is 5.54 Å². The van der Waals surface area contributed by atoms with Gasteiger partial charge in [-0.15, -0.1) is 0 Å². The van der Waals surface area contributed by atoms with Gasteiger partial charge in [0.25, 0.3) is 5.91 Å². The second kappa shape index (κ2) is 5.46. The van der Waals surface area contributed by atoms with Crippen LogP contribution >= 0.6 is 0 Å². The van der Waals surface area contributed by atoms with Crippen molar-refractivity contribution in [2.45, 2.75) is 44.7 Å². The predicted molar refractivity (Wildman–Crippen MR) is 72.6 cm³/mol. The van der Waals surface area contributed by atoms with E-state index in [-0.39, 0.29) is 11.9 Å². The Morgan fingerprint density at radius 2 is 1.95 bits per heavy atom. The lowest BCUT2D eigenvalue weighted by atomic mass is 9.87. The van der Waals surface area contributed by atoms with E-state index in [1.807, 2.05) is 0 Å². The Kier molecular flexibility index (Phi) is 4.10. The number of urea groups is 1. The fourth-order valence-corrected chi connectivity index (χ4v) is 2.89. The van der Waals surface area contributed by atoms with Crippen molar-refractivity contribution in [2.75, 3.05) is 26.2 Å². The Balaban J connectivity index is 2.02. The van der Waals surface area contributed by atoms with Gasteiger partial charge in [-0.25, -0.2) is 4.79 Å². The van der Waals surface area contributed by atoms with Gasteiger partial charge in [-0.3, -0.25) is 9.69 Å². The number of amides is 3. The first kappa shape index (κ1) is 14.3. The molecular formula is C13H24N4O2. The smallest absolute Gasteiger partial charge is 0.325 e. The molecule has 0 atom stereocenters. The number of nitrogens with one attached hydrogen (secondary N) is 1. The molecule has 2 rings (SSSR count). The molecule has 0 aromatic rings. The monoisotopic (exact) mass is 268 g/mol. The quantitative estimate of drug-likeness (QED) is 0.710. The number of hydrogen-bond acceptors (Lipinski definition) is 4. The third-order valence-corrected chi connectivity index (χ3v) is 4.21. The number of rotatable bonds is 4. The van der Waals surface area contributed by atoms with Crippen molar-refractivity contribution in [2.24, 2.45) is 5.73 Å². The second-order valence-corrected chi connectivity index (χ2v) is 5.74. The number of hydrogen-bond donors (Lipinski definition) is 2. The van der Waals surface area contributed by atoms with Gasteiger partial charge in [0, 0.05) is 25.7 Å². The average Bonchev–Trinajstić information content (AvgIpc) is 2.60. The summed E-state index contributed by atoms with van der Waals surface area (Å²) in [6.45, 7) is 6.94. The van der Waals surface area contributed by atoms with Crippen molar-refractivity contribution in [1.29, 1.82) is 0 Å². The van der Waals surface area contributed by atoms with Crippen LogP contribution in [0.5, 0.6) is 0 Å². The van der Waals surface area contributed by atoms with Gasteiger partial charge >= 0.3 is 6.03 Å². The summed E-state index contributed by atoms with van der Waals surface area (Å²) >= 11 is 0. The molecule has 3 amide bonds. The van der Waals surface area contributed by atoms with Crippen molar-refractivity contribution in [3.63, 3.8) is 0 Å². The average molecular weight is 268 g/mol. The number of nitrogens with two attached hydrogens (primary N) is 1. The Hall–Kier alpha value is -1.14. The Bertz CT molecular complexity index is 362. The van der Waals surface area contributed by atoms with Crippen LogP contribution in [0.25, 0.3) is 0 Å². The maximum Gasteiger partial charge on any atom is 0.325 e. The highest BCUT2D eigenvalue weighted by Crippen LogP contribution is 2.30. The highest BCUT2D eigenvalue weighted by Gasteiger charge is 2.52. The summed E-state index contributed by atoms with van der Waals surface area (Å²) in [5, 5.41) is 2.91. The fraction of sp³-hybridized carbons (Fsp3) is 0.846. The maximum absolute atomic E-state index is 12.5. The molecule has 0 aromatic heterocycles. The SMILES string of the molecule is CC(C)N1CCC2(CC1)NC(=O)N(CCCN)C2=O. The van der Waals surface area contributed by atoms with Gasteiger partial charge in [0.05, 0.1) is 0 Å². The minimum atomic E-state index is -0.656. The summed E-state index contributed by atoms with van der Waals surface area (Å²) in [5.41, 5.74) is 4.79. The van der Waals surface area contributed by atoms with Crippen LogP contribution in [0.1, 0.15) is 33.1 Å². The molecule has 0 saturated carbocycles. The number of imide groups is 1. The standard InChI is InChI=1S/C13H24N4O2/c1-10(2)16-8-4-13(5-9-16)11(18)17(7-3-6-14)12(19)15-13/h10H,3-9,14H2,1-2H3,(H,15,19). The van der Waals surface area contributed by atoms with E-state index in [1.165, 1.54) is 4.90 Å². The fourth-order valence-electron chi connectivity index (χ4n) is 2.89. The van der Waals surface area contributed by atoms with Crippen molar-refractivity contribution >= 4 is 11.9 Å². The molecule has 2 fully saturated rings. The van der Waals surface area contributed by atoms with Crippen molar-refractivity contribution < 1.29 is 9.59 Å². The van der Waals surface area contributed by atoms with Gasteiger partial charge in [-0.2, -0.15) is 0 Å². The molecule has 2 heterocycles. The second-order valence-electron chi connectivity index (χ2n) is 5.74. The molecule has 0 bridgehead atoms. The maximum atomic E-state index is 12.5. The first-order valence-electron chi connectivity index (χ1n) is 7.08. The minimum Gasteiger partial charge on any atom is -0.330 e. The molecule has 19 heavy (non-hydrogen) atoms. The molecule has 1 spiro atoms. The number of piperidine rings is 1. The van der Waals surface area contributed by atoms with E-state index >= 15 is 0 Å². The van der Waals surface area contributed by atoms with Crippen LogP contribution in [0.2, 0.25) is 0 Å². The molecule has 2 aliphatic rings. The number of carbonyl (C=O) groups excluding carboxylic acids is 2. The summed E-state index contributed by atoms with van der Waals surface area (Å²) in [5.74, 6) is -0.0608. The first-order valence-corrected chi connectivity index (χ1v) is 7.08. The van der Waals surface area contributed by atoms with Gasteiger partial charge in [0.2, 0.25) is 0 Å². The molecule has 6 heteroatoms. The van der Waals surface area contributed by atoms with E-state index in [9.17, 15) is 9.59 Å². The third kappa shape index (κ3) is 2.60. The number of nitrogens with zero attached hydrogens (tertiary/aromatic N) is 2. The molecular weight excluding hydrogens is 244 g/mol. The first-order chi connectivity index (χ1) is 9.00. The summed E-state index contributed by atoms with van der Waals surface area (Å²) in [6, 6.07) is 0.231. The molecule has 0 unspecified atom stereocenters. The largest absolute Gasteiger partial charge is 0.330 e. The number of carbonyl (C=O) groups is 2. The zero-order valence-corrected chi connectivity index (χ0v) is 11.8. The summed E-state index contributed by atoms with van der Waals surface area (Å²) in [4.78, 5) is 28.0. The summed E-state index contributed by atoms with van der Waals surface area (Å²) < 4.78 is 0. The van der Waals surface area contributed by atoms with E-state index < -0.39 is 5.54 Å². The lowest BCUT2D eigenvalue weighted by Gasteiger charge is -2.39. The molecule has 2 aliphatic heterocycles. The van der Waals surface area contributed by atoms with Crippen LogP contribution in [0.3, 0.4) is 0 Å². The van der Waals surface area contributed by atoms with Crippen LogP contribution < -0.4 is 11.1 Å². The molecule has 6 nitrogen and oxygen atoms in total. The van der Waals surface area contributed by atoms with Crippen LogP contribution in [0.4, 0.5) is 4.79 Å². The minimum absolute atomic E-state index is 0.0608.